The molecule has 168 valence electrons. The molecule has 33 heavy (non-hydrogen) atoms. The lowest BCUT2D eigenvalue weighted by Crippen LogP contribution is -2.37. The summed E-state index contributed by atoms with van der Waals surface area (Å²) in [5.41, 5.74) is 4.06. The summed E-state index contributed by atoms with van der Waals surface area (Å²) in [5, 5.41) is 14.1. The number of nitrogens with zero attached hydrogens (tertiary/aromatic N) is 2. The number of nitrogens with one attached hydrogen (secondary N) is 1. The quantitative estimate of drug-likeness (QED) is 0.712. The van der Waals surface area contributed by atoms with Gasteiger partial charge in [0.05, 0.1) is 28.3 Å². The summed E-state index contributed by atoms with van der Waals surface area (Å²) in [4.78, 5) is 27.9. The maximum atomic E-state index is 13.2. The third kappa shape index (κ3) is 3.79. The van der Waals surface area contributed by atoms with Gasteiger partial charge in [-0.25, -0.2) is 0 Å². The van der Waals surface area contributed by atoms with Gasteiger partial charge in [0.15, 0.2) is 5.78 Å². The van der Waals surface area contributed by atoms with Crippen molar-refractivity contribution in [2.75, 3.05) is 10.7 Å². The molecule has 0 spiro atoms. The van der Waals surface area contributed by atoms with Gasteiger partial charge in [0, 0.05) is 29.4 Å². The second-order valence-corrected chi connectivity index (χ2v) is 9.75. The molecule has 6 nitrogen and oxygen atoms in total. The Morgan fingerprint density at radius 2 is 2.09 bits per heavy atom. The van der Waals surface area contributed by atoms with Crippen LogP contribution in [0.5, 0.6) is 0 Å². The molecule has 0 bridgehead atoms. The Morgan fingerprint density at radius 1 is 1.27 bits per heavy atom. The molecule has 2 atom stereocenters. The zero-order valence-electron chi connectivity index (χ0n) is 18.7. The Labute approximate surface area is 197 Å². The number of carbonyl (C=O) groups is 2. The van der Waals surface area contributed by atoms with Crippen LogP contribution >= 0.6 is 11.8 Å². The zero-order valence-corrected chi connectivity index (χ0v) is 19.5. The Hall–Kier alpha value is -3.24. The lowest BCUT2D eigenvalue weighted by molar-refractivity contribution is -0.117. The van der Waals surface area contributed by atoms with Gasteiger partial charge in [0.1, 0.15) is 11.5 Å². The molecule has 3 aliphatic rings. The predicted octanol–water partition coefficient (Wildman–Crippen LogP) is 4.73. The molecule has 1 aromatic heterocycles. The van der Waals surface area contributed by atoms with Crippen LogP contribution in [0.3, 0.4) is 0 Å². The number of benzene rings is 1. The maximum Gasteiger partial charge on any atom is 0.237 e. The summed E-state index contributed by atoms with van der Waals surface area (Å²) < 4.78 is 5.88. The van der Waals surface area contributed by atoms with E-state index in [0.29, 0.717) is 28.4 Å². The summed E-state index contributed by atoms with van der Waals surface area (Å²) in [5.74, 6) is 1.06. The molecule has 0 radical (unpaired) electrons. The number of hydrogen-bond donors (Lipinski definition) is 1. The first-order valence-electron chi connectivity index (χ1n) is 11.2. The SMILES string of the molecule is Cc1ccc([C@H]2C(C#N)=C(SCC(=O)N3c4ccccc4C[C@H]3C)NC3=C2C(=O)CCC3)o1. The van der Waals surface area contributed by atoms with Crippen molar-refractivity contribution in [3.8, 4) is 6.07 Å². The lowest BCUT2D eigenvalue weighted by Gasteiger charge is -2.32. The van der Waals surface area contributed by atoms with E-state index in [9.17, 15) is 14.9 Å². The second kappa shape index (κ2) is 8.60. The van der Waals surface area contributed by atoms with Crippen molar-refractivity contribution in [1.82, 2.24) is 5.32 Å². The summed E-state index contributed by atoms with van der Waals surface area (Å²) in [7, 11) is 0. The van der Waals surface area contributed by atoms with Crippen LogP contribution in [0.15, 0.2) is 62.7 Å². The fraction of sp³-hybridized carbons (Fsp3) is 0.346. The molecule has 1 amide bonds. The first-order chi connectivity index (χ1) is 16.0. The molecule has 7 heteroatoms. The highest BCUT2D eigenvalue weighted by Gasteiger charge is 2.39. The highest BCUT2D eigenvalue weighted by Crippen LogP contribution is 2.44. The monoisotopic (exact) mass is 459 g/mol. The molecule has 1 N–H and O–H groups in total. The van der Waals surface area contributed by atoms with Crippen LogP contribution in [0.25, 0.3) is 0 Å². The van der Waals surface area contributed by atoms with Gasteiger partial charge in [-0.1, -0.05) is 30.0 Å². The number of carbonyl (C=O) groups excluding carboxylic acids is 2. The van der Waals surface area contributed by atoms with E-state index < -0.39 is 5.92 Å². The number of para-hydroxylation sites is 1. The van der Waals surface area contributed by atoms with Crippen molar-refractivity contribution >= 4 is 29.1 Å². The molecule has 0 fully saturated rings. The van der Waals surface area contributed by atoms with Gasteiger partial charge in [0.2, 0.25) is 5.91 Å². The average molecular weight is 460 g/mol. The van der Waals surface area contributed by atoms with E-state index >= 15 is 0 Å². The number of thioether (sulfide) groups is 1. The molecule has 0 saturated carbocycles. The Bertz CT molecular complexity index is 1250. The topological polar surface area (TPSA) is 86.3 Å². The molecule has 2 aliphatic heterocycles. The second-order valence-electron chi connectivity index (χ2n) is 8.76. The first-order valence-corrected chi connectivity index (χ1v) is 12.2. The third-order valence-corrected chi connectivity index (χ3v) is 7.53. The fourth-order valence-electron chi connectivity index (χ4n) is 5.08. The number of furan rings is 1. The van der Waals surface area contributed by atoms with E-state index in [-0.39, 0.29) is 23.5 Å². The van der Waals surface area contributed by atoms with Gasteiger partial charge in [-0.3, -0.25) is 9.59 Å². The number of fused-ring (bicyclic) bond motifs is 1. The predicted molar refractivity (Wildman–Crippen MR) is 127 cm³/mol. The van der Waals surface area contributed by atoms with Crippen molar-refractivity contribution in [1.29, 1.82) is 5.26 Å². The minimum absolute atomic E-state index is 0.00827. The van der Waals surface area contributed by atoms with E-state index in [1.54, 1.807) is 0 Å². The third-order valence-electron chi connectivity index (χ3n) is 6.52. The van der Waals surface area contributed by atoms with Crippen molar-refractivity contribution in [2.24, 2.45) is 0 Å². The van der Waals surface area contributed by atoms with Crippen LogP contribution in [0, 0.1) is 18.3 Å². The summed E-state index contributed by atoms with van der Waals surface area (Å²) in [6.07, 6.45) is 2.83. The first kappa shape index (κ1) is 21.6. The normalized spacial score (nSPS) is 22.1. The van der Waals surface area contributed by atoms with Crippen molar-refractivity contribution in [3.05, 3.63) is 75.4 Å². The van der Waals surface area contributed by atoms with Gasteiger partial charge in [-0.2, -0.15) is 5.26 Å². The molecule has 1 aliphatic carbocycles. The van der Waals surface area contributed by atoms with Crippen LogP contribution < -0.4 is 10.2 Å². The van der Waals surface area contributed by atoms with Crippen LogP contribution in [0.4, 0.5) is 5.69 Å². The molecule has 2 aromatic rings. The minimum atomic E-state index is -0.531. The molecular weight excluding hydrogens is 434 g/mol. The number of aryl methyl sites for hydroxylation is 1. The van der Waals surface area contributed by atoms with Crippen LogP contribution in [0.1, 0.15) is 49.2 Å². The van der Waals surface area contributed by atoms with Gasteiger partial charge >= 0.3 is 0 Å². The molecular formula is C26H25N3O3S. The number of dihydropyridines is 1. The van der Waals surface area contributed by atoms with E-state index in [1.807, 2.05) is 42.2 Å². The van der Waals surface area contributed by atoms with Gasteiger partial charge in [-0.05, 0) is 56.9 Å². The number of hydrogen-bond acceptors (Lipinski definition) is 6. The Morgan fingerprint density at radius 3 is 2.85 bits per heavy atom. The van der Waals surface area contributed by atoms with Gasteiger partial charge < -0.3 is 14.6 Å². The standard InChI is InChI=1S/C26H25N3O3S/c1-15-12-17-6-3-4-8-20(17)29(15)23(31)14-33-26-18(13-27)24(22-11-10-16(2)32-22)25-19(28-26)7-5-9-21(25)30/h3-4,6,8,10-11,15,24,28H,5,7,9,12,14H2,1-2H3/t15-,24-/m1/s1. The molecule has 3 heterocycles. The van der Waals surface area contributed by atoms with E-state index in [0.717, 1.165) is 36.4 Å². The molecule has 1 aromatic carbocycles. The number of amides is 1. The van der Waals surface area contributed by atoms with Crippen LogP contribution in [-0.4, -0.2) is 23.5 Å². The average Bonchev–Trinajstić information content (AvgIpc) is 3.38. The minimum Gasteiger partial charge on any atom is -0.465 e. The van der Waals surface area contributed by atoms with Crippen LogP contribution in [0.2, 0.25) is 0 Å². The highest BCUT2D eigenvalue weighted by atomic mass is 32.2. The summed E-state index contributed by atoms with van der Waals surface area (Å²) in [6.45, 7) is 3.91. The molecule has 5 rings (SSSR count). The van der Waals surface area contributed by atoms with E-state index in [4.69, 9.17) is 4.42 Å². The largest absolute Gasteiger partial charge is 0.465 e. The summed E-state index contributed by atoms with van der Waals surface area (Å²) >= 11 is 1.33. The zero-order chi connectivity index (χ0) is 23.1. The van der Waals surface area contributed by atoms with Crippen molar-refractivity contribution < 1.29 is 14.0 Å². The van der Waals surface area contributed by atoms with E-state index in [1.165, 1.54) is 17.3 Å². The number of allylic oxidation sites excluding steroid dienone is 3. The number of rotatable bonds is 4. The highest BCUT2D eigenvalue weighted by molar-refractivity contribution is 8.03. The maximum absolute atomic E-state index is 13.2. The van der Waals surface area contributed by atoms with Gasteiger partial charge in [0.25, 0.3) is 0 Å². The number of nitriles is 1. The lowest BCUT2D eigenvalue weighted by atomic mass is 9.79. The Kier molecular flexibility index (Phi) is 5.63. The smallest absolute Gasteiger partial charge is 0.237 e. The van der Waals surface area contributed by atoms with E-state index in [2.05, 4.69) is 24.4 Å². The summed E-state index contributed by atoms with van der Waals surface area (Å²) in [6, 6.07) is 14.1. The fourth-order valence-corrected chi connectivity index (χ4v) is 6.00. The number of Topliss-reactive ketones (excluding diaryl/α,β-unsaturated/α-hetero) is 1. The number of anilines is 1. The van der Waals surface area contributed by atoms with Gasteiger partial charge in [-0.15, -0.1) is 0 Å². The number of ketones is 1. The Balaban J connectivity index is 1.44. The van der Waals surface area contributed by atoms with Crippen LogP contribution in [-0.2, 0) is 16.0 Å². The molecule has 0 saturated heterocycles. The molecule has 0 unspecified atom stereocenters. The van der Waals surface area contributed by atoms with Crippen molar-refractivity contribution in [3.63, 3.8) is 0 Å². The van der Waals surface area contributed by atoms with Crippen molar-refractivity contribution in [2.45, 2.75) is 51.5 Å².